The van der Waals surface area contributed by atoms with Crippen LogP contribution < -0.4 is 16.0 Å². The SMILES string of the molecule is CNc1cc(Cl)c2c(NC)c(NC)ccc2c1[N+](=O)[O-]. The predicted octanol–water partition coefficient (Wildman–Crippen LogP) is 3.53. The highest BCUT2D eigenvalue weighted by molar-refractivity contribution is 6.38. The molecule has 0 aromatic heterocycles. The zero-order valence-corrected chi connectivity index (χ0v) is 12.1. The molecule has 0 amide bonds. The summed E-state index contributed by atoms with van der Waals surface area (Å²) in [5, 5.41) is 21.8. The average Bonchev–Trinajstić information content (AvgIpc) is 2.44. The molecule has 106 valence electrons. The van der Waals surface area contributed by atoms with Gasteiger partial charge in [0.2, 0.25) is 0 Å². The lowest BCUT2D eigenvalue weighted by Gasteiger charge is -2.15. The second-order valence-electron chi connectivity index (χ2n) is 4.17. The molecule has 0 spiro atoms. The fraction of sp³-hybridized carbons (Fsp3) is 0.231. The number of nitrogens with zero attached hydrogens (tertiary/aromatic N) is 1. The van der Waals surface area contributed by atoms with Crippen LogP contribution in [-0.2, 0) is 0 Å². The van der Waals surface area contributed by atoms with E-state index in [0.717, 1.165) is 11.4 Å². The van der Waals surface area contributed by atoms with Crippen LogP contribution in [0.15, 0.2) is 18.2 Å². The Labute approximate surface area is 121 Å². The van der Waals surface area contributed by atoms with Crippen molar-refractivity contribution in [3.8, 4) is 0 Å². The monoisotopic (exact) mass is 294 g/mol. The summed E-state index contributed by atoms with van der Waals surface area (Å²) in [5.41, 5.74) is 1.98. The fourth-order valence-electron chi connectivity index (χ4n) is 2.32. The molecule has 7 heteroatoms. The van der Waals surface area contributed by atoms with Gasteiger partial charge in [0, 0.05) is 26.5 Å². The summed E-state index contributed by atoms with van der Waals surface area (Å²) in [4.78, 5) is 10.9. The van der Waals surface area contributed by atoms with Gasteiger partial charge in [0.15, 0.2) is 0 Å². The van der Waals surface area contributed by atoms with Gasteiger partial charge in [0.1, 0.15) is 5.69 Å². The van der Waals surface area contributed by atoms with E-state index in [9.17, 15) is 10.1 Å². The summed E-state index contributed by atoms with van der Waals surface area (Å²) < 4.78 is 0. The molecule has 0 heterocycles. The zero-order chi connectivity index (χ0) is 14.9. The molecule has 0 fully saturated rings. The Hall–Kier alpha value is -2.21. The molecular weight excluding hydrogens is 280 g/mol. The summed E-state index contributed by atoms with van der Waals surface area (Å²) in [6.45, 7) is 0. The van der Waals surface area contributed by atoms with Crippen molar-refractivity contribution in [2.24, 2.45) is 0 Å². The second kappa shape index (κ2) is 5.42. The molecule has 3 N–H and O–H groups in total. The molecule has 0 saturated carbocycles. The van der Waals surface area contributed by atoms with Gasteiger partial charge in [0.25, 0.3) is 5.69 Å². The van der Waals surface area contributed by atoms with Gasteiger partial charge in [-0.3, -0.25) is 10.1 Å². The van der Waals surface area contributed by atoms with Gasteiger partial charge >= 0.3 is 0 Å². The summed E-state index contributed by atoms with van der Waals surface area (Å²) >= 11 is 6.30. The first-order valence-corrected chi connectivity index (χ1v) is 6.39. The number of nitrogens with one attached hydrogen (secondary N) is 3. The van der Waals surface area contributed by atoms with Crippen LogP contribution in [0.25, 0.3) is 10.8 Å². The number of nitro groups is 1. The van der Waals surface area contributed by atoms with Crippen molar-refractivity contribution in [3.63, 3.8) is 0 Å². The third kappa shape index (κ3) is 2.08. The van der Waals surface area contributed by atoms with E-state index in [1.807, 2.05) is 0 Å². The molecule has 0 radical (unpaired) electrons. The van der Waals surface area contributed by atoms with Crippen molar-refractivity contribution in [1.82, 2.24) is 0 Å². The van der Waals surface area contributed by atoms with Gasteiger partial charge in [-0.2, -0.15) is 0 Å². The topological polar surface area (TPSA) is 79.2 Å². The molecule has 0 aliphatic heterocycles. The molecule has 0 unspecified atom stereocenters. The van der Waals surface area contributed by atoms with Gasteiger partial charge in [-0.05, 0) is 18.2 Å². The number of halogens is 1. The average molecular weight is 295 g/mol. The van der Waals surface area contributed by atoms with E-state index in [-0.39, 0.29) is 5.69 Å². The first-order valence-electron chi connectivity index (χ1n) is 6.02. The third-order valence-electron chi connectivity index (χ3n) is 3.20. The minimum absolute atomic E-state index is 0.0195. The summed E-state index contributed by atoms with van der Waals surface area (Å²) in [7, 11) is 5.17. The van der Waals surface area contributed by atoms with Crippen molar-refractivity contribution in [2.45, 2.75) is 0 Å². The van der Waals surface area contributed by atoms with Gasteiger partial charge in [-0.15, -0.1) is 0 Å². The highest BCUT2D eigenvalue weighted by Gasteiger charge is 2.22. The maximum absolute atomic E-state index is 11.3. The van der Waals surface area contributed by atoms with E-state index in [1.54, 1.807) is 39.3 Å². The lowest BCUT2D eigenvalue weighted by atomic mass is 10.0. The smallest absolute Gasteiger partial charge is 0.300 e. The van der Waals surface area contributed by atoms with Crippen molar-refractivity contribution in [2.75, 3.05) is 37.1 Å². The lowest BCUT2D eigenvalue weighted by molar-refractivity contribution is -0.382. The Morgan fingerprint density at radius 1 is 1.10 bits per heavy atom. The molecule has 20 heavy (non-hydrogen) atoms. The first kappa shape index (κ1) is 14.2. The summed E-state index contributed by atoms with van der Waals surface area (Å²) in [6, 6.07) is 5.06. The Morgan fingerprint density at radius 3 is 2.25 bits per heavy atom. The molecule has 0 atom stereocenters. The van der Waals surface area contributed by atoms with Crippen molar-refractivity contribution < 1.29 is 4.92 Å². The molecule has 0 saturated heterocycles. The molecule has 2 aromatic rings. The number of fused-ring (bicyclic) bond motifs is 1. The Kier molecular flexibility index (Phi) is 3.85. The van der Waals surface area contributed by atoms with Crippen LogP contribution in [0.1, 0.15) is 0 Å². The third-order valence-corrected chi connectivity index (χ3v) is 3.49. The number of rotatable bonds is 4. The standard InChI is InChI=1S/C13H15ClN4O2/c1-15-9-5-4-7-11(12(9)17-3)8(14)6-10(16-2)13(7)18(19)20/h4-6,15-17H,1-3H3. The summed E-state index contributed by atoms with van der Waals surface area (Å²) in [5.74, 6) is 0. The number of hydrogen-bond donors (Lipinski definition) is 3. The van der Waals surface area contributed by atoms with Crippen LogP contribution >= 0.6 is 11.6 Å². The van der Waals surface area contributed by atoms with Crippen LogP contribution in [0, 0.1) is 10.1 Å². The van der Waals surface area contributed by atoms with Crippen LogP contribution in [0.3, 0.4) is 0 Å². The van der Waals surface area contributed by atoms with E-state index < -0.39 is 4.92 Å². The molecule has 0 aliphatic carbocycles. The van der Waals surface area contributed by atoms with Crippen molar-refractivity contribution >= 4 is 45.1 Å². The van der Waals surface area contributed by atoms with Gasteiger partial charge in [-0.1, -0.05) is 11.6 Å². The van der Waals surface area contributed by atoms with E-state index in [1.165, 1.54) is 0 Å². The van der Waals surface area contributed by atoms with E-state index in [4.69, 9.17) is 11.6 Å². The maximum atomic E-state index is 11.3. The minimum atomic E-state index is -0.400. The molecular formula is C13H15ClN4O2. The largest absolute Gasteiger partial charge is 0.386 e. The normalized spacial score (nSPS) is 10.4. The lowest BCUT2D eigenvalue weighted by Crippen LogP contribution is -2.02. The second-order valence-corrected chi connectivity index (χ2v) is 4.58. The maximum Gasteiger partial charge on any atom is 0.300 e. The highest BCUT2D eigenvalue weighted by Crippen LogP contribution is 2.43. The Balaban J connectivity index is 2.98. The first-order chi connectivity index (χ1) is 9.54. The van der Waals surface area contributed by atoms with Crippen molar-refractivity contribution in [3.05, 3.63) is 33.3 Å². The molecule has 6 nitrogen and oxygen atoms in total. The van der Waals surface area contributed by atoms with Gasteiger partial charge < -0.3 is 16.0 Å². The number of anilines is 3. The highest BCUT2D eigenvalue weighted by atomic mass is 35.5. The minimum Gasteiger partial charge on any atom is -0.386 e. The summed E-state index contributed by atoms with van der Waals surface area (Å²) in [6.07, 6.45) is 0. The molecule has 2 aromatic carbocycles. The molecule has 0 aliphatic rings. The molecule has 0 bridgehead atoms. The molecule has 2 rings (SSSR count). The Morgan fingerprint density at radius 2 is 1.75 bits per heavy atom. The van der Waals surface area contributed by atoms with E-state index in [0.29, 0.717) is 21.5 Å². The van der Waals surface area contributed by atoms with Crippen LogP contribution in [0.4, 0.5) is 22.7 Å². The van der Waals surface area contributed by atoms with Crippen molar-refractivity contribution in [1.29, 1.82) is 0 Å². The van der Waals surface area contributed by atoms with Crippen LogP contribution in [0.5, 0.6) is 0 Å². The Bertz CT molecular complexity index is 688. The van der Waals surface area contributed by atoms with E-state index >= 15 is 0 Å². The van der Waals surface area contributed by atoms with E-state index in [2.05, 4.69) is 16.0 Å². The van der Waals surface area contributed by atoms with Crippen LogP contribution in [0.2, 0.25) is 5.02 Å². The zero-order valence-electron chi connectivity index (χ0n) is 11.4. The predicted molar refractivity (Wildman–Crippen MR) is 84.3 cm³/mol. The number of hydrogen-bond acceptors (Lipinski definition) is 5. The number of nitro benzene ring substituents is 1. The number of benzene rings is 2. The quantitative estimate of drug-likeness (QED) is 0.594. The fourth-order valence-corrected chi connectivity index (χ4v) is 2.62. The van der Waals surface area contributed by atoms with Gasteiger partial charge in [-0.25, -0.2) is 0 Å². The van der Waals surface area contributed by atoms with Gasteiger partial charge in [0.05, 0.1) is 26.7 Å². The van der Waals surface area contributed by atoms with Crippen LogP contribution in [-0.4, -0.2) is 26.1 Å².